The smallest absolute Gasteiger partial charge is 0.380 e. The number of carbonyl (C=O) groups excluding carboxylic acids is 1. The number of rotatable bonds is 10. The molecular weight excluding hydrogens is 508 g/mol. The lowest BCUT2D eigenvalue weighted by atomic mass is 10.1. The molecule has 0 spiro atoms. The van der Waals surface area contributed by atoms with Crippen LogP contribution in [0.3, 0.4) is 0 Å². The van der Waals surface area contributed by atoms with Crippen molar-refractivity contribution in [3.05, 3.63) is 43.0 Å². The number of nitrogen functional groups attached to an aromatic ring is 1. The van der Waals surface area contributed by atoms with Crippen molar-refractivity contribution in [2.75, 3.05) is 18.5 Å². The first kappa shape index (κ1) is 26.9. The van der Waals surface area contributed by atoms with Crippen molar-refractivity contribution in [3.63, 3.8) is 0 Å². The predicted molar refractivity (Wildman–Crippen MR) is 130 cm³/mol. The number of imidazole rings is 1. The summed E-state index contributed by atoms with van der Waals surface area (Å²) in [6.07, 6.45) is -4.16. The first-order valence-electron chi connectivity index (χ1n) is 11.7. The molecule has 1 saturated heterocycles. The zero-order valence-corrected chi connectivity index (χ0v) is 21.4. The Morgan fingerprint density at radius 3 is 2.68 bits per heavy atom. The van der Waals surface area contributed by atoms with Crippen LogP contribution in [0, 0.1) is 5.92 Å². The zero-order valence-electron chi connectivity index (χ0n) is 20.5. The van der Waals surface area contributed by atoms with Crippen LogP contribution in [0.2, 0.25) is 0 Å². The second kappa shape index (κ2) is 11.1. The van der Waals surface area contributed by atoms with Gasteiger partial charge in [-0.1, -0.05) is 25.1 Å². The second-order valence-corrected chi connectivity index (χ2v) is 11.0. The summed E-state index contributed by atoms with van der Waals surface area (Å²) in [6.45, 7) is 4.47. The van der Waals surface area contributed by atoms with Crippen molar-refractivity contribution in [1.82, 2.24) is 19.5 Å². The Labute approximate surface area is 212 Å². The number of nitrogens with zero attached hydrogens (tertiary/aromatic N) is 4. The molecule has 1 fully saturated rings. The molecular formula is C23H29FN5O7P. The minimum absolute atomic E-state index is 0.113. The average Bonchev–Trinajstić information content (AvgIpc) is 3.40. The summed E-state index contributed by atoms with van der Waals surface area (Å²) in [5.74, 6) is -1.02. The van der Waals surface area contributed by atoms with Gasteiger partial charge in [0.1, 0.15) is 29.8 Å². The van der Waals surface area contributed by atoms with Crippen LogP contribution in [-0.2, 0) is 23.4 Å². The Balaban J connectivity index is 1.50. The molecule has 0 aliphatic carbocycles. The van der Waals surface area contributed by atoms with Gasteiger partial charge in [0.2, 0.25) is 0 Å². The molecule has 1 aliphatic heterocycles. The highest BCUT2D eigenvalue weighted by Crippen LogP contribution is 2.51. The number of aliphatic hydroxyl groups is 1. The van der Waals surface area contributed by atoms with E-state index >= 15 is 4.39 Å². The quantitative estimate of drug-likeness (QED) is 0.289. The normalized spacial score (nSPS) is 24.2. The van der Waals surface area contributed by atoms with Gasteiger partial charge in [0.05, 0.1) is 31.1 Å². The number of halogens is 1. The van der Waals surface area contributed by atoms with Gasteiger partial charge < -0.3 is 24.8 Å². The summed E-state index contributed by atoms with van der Waals surface area (Å²) in [6, 6.07) is 8.29. The van der Waals surface area contributed by atoms with Gasteiger partial charge >= 0.3 is 13.6 Å². The monoisotopic (exact) mass is 537 g/mol. The highest BCUT2D eigenvalue weighted by molar-refractivity contribution is 7.54. The van der Waals surface area contributed by atoms with E-state index < -0.39 is 50.7 Å². The van der Waals surface area contributed by atoms with Crippen LogP contribution in [0.5, 0.6) is 5.75 Å². The number of fused-ring (bicyclic) bond motifs is 1. The van der Waals surface area contributed by atoms with E-state index in [4.69, 9.17) is 24.3 Å². The highest BCUT2D eigenvalue weighted by Gasteiger charge is 2.47. The fourth-order valence-electron chi connectivity index (χ4n) is 3.83. The van der Waals surface area contributed by atoms with E-state index in [1.165, 1.54) is 17.2 Å². The number of ether oxygens (including phenoxy) is 2. The number of hydrogen-bond acceptors (Lipinski definition) is 11. The number of aliphatic hydroxyl groups excluding tert-OH is 1. The standard InChI is InChI=1S/C23H29FN5O7P/c1-13(2)34-23(31)14(3)10-37(32,36-15-7-5-4-6-8-15)33-9-16-19(30)17(24)22(35-16)29-12-28-18-20(25)26-11-27-21(18)29/h4-8,11-14,16-17,19,22,30H,9-10H2,1-3H3,(H2,25,26,27)/t14-,16-,17?,19+,22-,37?/m1/s1. The van der Waals surface area contributed by atoms with Gasteiger partial charge in [-0.15, -0.1) is 0 Å². The van der Waals surface area contributed by atoms with E-state index in [0.717, 1.165) is 0 Å². The number of anilines is 1. The number of para-hydroxylation sites is 1. The third kappa shape index (κ3) is 6.07. The Bertz CT molecular complexity index is 1280. The number of esters is 1. The molecule has 0 saturated carbocycles. The molecule has 0 bridgehead atoms. The maximum Gasteiger partial charge on any atom is 0.380 e. The van der Waals surface area contributed by atoms with Gasteiger partial charge in [0.15, 0.2) is 23.9 Å². The first-order valence-corrected chi connectivity index (χ1v) is 13.4. The minimum Gasteiger partial charge on any atom is -0.463 e. The third-order valence-electron chi connectivity index (χ3n) is 5.63. The topological polar surface area (TPSA) is 161 Å². The fourth-order valence-corrected chi connectivity index (χ4v) is 5.69. The molecule has 4 rings (SSSR count). The van der Waals surface area contributed by atoms with Crippen LogP contribution in [-0.4, -0.2) is 67.8 Å². The minimum atomic E-state index is -3.99. The molecule has 1 aromatic carbocycles. The lowest BCUT2D eigenvalue weighted by Gasteiger charge is -2.24. The largest absolute Gasteiger partial charge is 0.463 e. The maximum absolute atomic E-state index is 15.1. The SMILES string of the molecule is CC(C)OC(=O)[C@H](C)CP(=O)(OC[C@H]1O[C@@H](n2cnc3c(N)ncnc32)C(F)[C@H]1O)Oc1ccccc1. The average molecular weight is 537 g/mol. The summed E-state index contributed by atoms with van der Waals surface area (Å²) in [5, 5.41) is 10.5. The Morgan fingerprint density at radius 2 is 1.97 bits per heavy atom. The van der Waals surface area contributed by atoms with Crippen molar-refractivity contribution in [2.24, 2.45) is 5.92 Å². The molecule has 14 heteroatoms. The summed E-state index contributed by atoms with van der Waals surface area (Å²) in [4.78, 5) is 24.4. The van der Waals surface area contributed by atoms with Gasteiger partial charge in [-0.05, 0) is 26.0 Å². The number of hydrogen-bond donors (Lipinski definition) is 2. The van der Waals surface area contributed by atoms with E-state index in [1.54, 1.807) is 51.1 Å². The third-order valence-corrected chi connectivity index (χ3v) is 7.66. The van der Waals surface area contributed by atoms with Gasteiger partial charge in [-0.2, -0.15) is 0 Å². The molecule has 200 valence electrons. The summed E-state index contributed by atoms with van der Waals surface area (Å²) < 4.78 is 52.4. The van der Waals surface area contributed by atoms with Crippen molar-refractivity contribution in [1.29, 1.82) is 0 Å². The second-order valence-electron chi connectivity index (χ2n) is 8.96. The number of benzene rings is 1. The Morgan fingerprint density at radius 1 is 1.24 bits per heavy atom. The van der Waals surface area contributed by atoms with Crippen LogP contribution in [0.15, 0.2) is 43.0 Å². The molecule has 3 heterocycles. The van der Waals surface area contributed by atoms with E-state index in [1.807, 2.05) is 0 Å². The van der Waals surface area contributed by atoms with Gasteiger partial charge in [-0.25, -0.2) is 23.9 Å². The van der Waals surface area contributed by atoms with Crippen molar-refractivity contribution in [3.8, 4) is 5.75 Å². The van der Waals surface area contributed by atoms with E-state index in [-0.39, 0.29) is 35.0 Å². The molecule has 37 heavy (non-hydrogen) atoms. The number of nitrogens with two attached hydrogens (primary N) is 1. The molecule has 3 N–H and O–H groups in total. The first-order chi connectivity index (χ1) is 17.6. The van der Waals surface area contributed by atoms with Crippen LogP contribution in [0.1, 0.15) is 27.0 Å². The van der Waals surface area contributed by atoms with Crippen molar-refractivity contribution >= 4 is 30.5 Å². The van der Waals surface area contributed by atoms with E-state index in [0.29, 0.717) is 0 Å². The van der Waals surface area contributed by atoms with Gasteiger partial charge in [0.25, 0.3) is 0 Å². The molecule has 0 radical (unpaired) electrons. The Kier molecular flexibility index (Phi) is 8.08. The van der Waals surface area contributed by atoms with Crippen molar-refractivity contribution in [2.45, 2.75) is 51.5 Å². The fraction of sp³-hybridized carbons (Fsp3) is 0.478. The van der Waals surface area contributed by atoms with Crippen molar-refractivity contribution < 1.29 is 37.4 Å². The maximum atomic E-state index is 15.1. The summed E-state index contributed by atoms with van der Waals surface area (Å²) >= 11 is 0. The van der Waals surface area contributed by atoms with Crippen LogP contribution in [0.4, 0.5) is 10.2 Å². The summed E-state index contributed by atoms with van der Waals surface area (Å²) in [5.41, 5.74) is 6.28. The molecule has 1 aliphatic rings. The molecule has 12 nitrogen and oxygen atoms in total. The van der Waals surface area contributed by atoms with Crippen LogP contribution >= 0.6 is 7.60 Å². The molecule has 6 atom stereocenters. The van der Waals surface area contributed by atoms with E-state index in [9.17, 15) is 14.5 Å². The number of carbonyl (C=O) groups is 1. The highest BCUT2D eigenvalue weighted by atomic mass is 31.2. The Hall–Kier alpha value is -3.12. The van der Waals surface area contributed by atoms with Crippen LogP contribution < -0.4 is 10.3 Å². The number of aromatic nitrogens is 4. The predicted octanol–water partition coefficient (Wildman–Crippen LogP) is 2.88. The zero-order chi connectivity index (χ0) is 26.7. The molecule has 3 aromatic rings. The lowest BCUT2D eigenvalue weighted by molar-refractivity contribution is -0.151. The van der Waals surface area contributed by atoms with Gasteiger partial charge in [-0.3, -0.25) is 13.9 Å². The lowest BCUT2D eigenvalue weighted by Crippen LogP contribution is -2.32. The molecule has 0 amide bonds. The number of alkyl halides is 1. The molecule has 2 unspecified atom stereocenters. The summed E-state index contributed by atoms with van der Waals surface area (Å²) in [7, 11) is -3.99. The van der Waals surface area contributed by atoms with Gasteiger partial charge in [0, 0.05) is 0 Å². The molecule has 2 aromatic heterocycles. The van der Waals surface area contributed by atoms with E-state index in [2.05, 4.69) is 15.0 Å². The van der Waals surface area contributed by atoms with Crippen LogP contribution in [0.25, 0.3) is 11.2 Å².